The number of anilines is 1. The number of ketones is 1. The Kier molecular flexibility index (Phi) is 5.57. The van der Waals surface area contributed by atoms with Crippen LogP contribution >= 0.6 is 23.1 Å². The molecule has 0 saturated carbocycles. The Bertz CT molecular complexity index is 1160. The minimum Gasteiger partial charge on any atom is -0.384 e. The van der Waals surface area contributed by atoms with Crippen molar-refractivity contribution in [2.45, 2.75) is 23.4 Å². The van der Waals surface area contributed by atoms with Crippen molar-refractivity contribution in [1.82, 2.24) is 14.1 Å². The number of aromatic nitrogens is 3. The van der Waals surface area contributed by atoms with Gasteiger partial charge in [0.05, 0.1) is 10.9 Å². The summed E-state index contributed by atoms with van der Waals surface area (Å²) in [6.45, 7) is 3.72. The van der Waals surface area contributed by atoms with E-state index in [0.717, 1.165) is 24.7 Å². The van der Waals surface area contributed by atoms with Crippen LogP contribution in [0.25, 0.3) is 11.3 Å². The van der Waals surface area contributed by atoms with E-state index in [1.54, 1.807) is 6.92 Å². The number of rotatable bonds is 5. The average molecular weight is 417 g/mol. The normalized spacial score (nSPS) is 12.1. The second kappa shape index (κ2) is 7.76. The highest BCUT2D eigenvalue weighted by atomic mass is 32.2. The van der Waals surface area contributed by atoms with Gasteiger partial charge in [-0.25, -0.2) is 9.78 Å². The van der Waals surface area contributed by atoms with E-state index in [0.29, 0.717) is 0 Å². The number of thiazole rings is 1. The summed E-state index contributed by atoms with van der Waals surface area (Å²) >= 11 is 2.70. The lowest BCUT2D eigenvalue weighted by Gasteiger charge is -2.13. The lowest BCUT2D eigenvalue weighted by molar-refractivity contribution is 0.0992. The standard InChI is InChI=1S/C19H20N4O3S2/c1-10-5-7-12(8-6-10)13-9-27-18(21-13)28-11(2)15(24)14-16(20)22(3)19(26)23(4)17(14)25/h5-9,11H,20H2,1-4H3. The van der Waals surface area contributed by atoms with Gasteiger partial charge in [0.2, 0.25) is 0 Å². The van der Waals surface area contributed by atoms with Gasteiger partial charge in [0.15, 0.2) is 10.1 Å². The van der Waals surface area contributed by atoms with E-state index in [1.165, 1.54) is 42.8 Å². The van der Waals surface area contributed by atoms with E-state index in [1.807, 2.05) is 36.6 Å². The summed E-state index contributed by atoms with van der Waals surface area (Å²) in [5, 5.41) is 1.36. The molecule has 146 valence electrons. The fraction of sp³-hybridized carbons (Fsp3) is 0.263. The second-order valence-electron chi connectivity index (χ2n) is 6.46. The van der Waals surface area contributed by atoms with E-state index in [9.17, 15) is 14.4 Å². The van der Waals surface area contributed by atoms with Gasteiger partial charge in [-0.05, 0) is 13.8 Å². The zero-order chi connectivity index (χ0) is 20.6. The Labute approximate surface area is 169 Å². The number of hydrogen-bond acceptors (Lipinski definition) is 7. The number of thioether (sulfide) groups is 1. The Morgan fingerprint density at radius 2 is 1.82 bits per heavy atom. The number of benzene rings is 1. The third-order valence-electron chi connectivity index (χ3n) is 4.43. The fourth-order valence-electron chi connectivity index (χ4n) is 2.67. The topological polar surface area (TPSA) is 100.0 Å². The van der Waals surface area contributed by atoms with Gasteiger partial charge in [0, 0.05) is 25.0 Å². The maximum absolute atomic E-state index is 12.9. The van der Waals surface area contributed by atoms with Gasteiger partial charge in [-0.3, -0.25) is 18.7 Å². The Morgan fingerprint density at radius 1 is 1.18 bits per heavy atom. The fourth-order valence-corrected chi connectivity index (χ4v) is 4.70. The van der Waals surface area contributed by atoms with Crippen LogP contribution in [0.15, 0.2) is 43.6 Å². The summed E-state index contributed by atoms with van der Waals surface area (Å²) in [6, 6.07) is 8.04. The third-order valence-corrected chi connectivity index (χ3v) is 6.51. The molecule has 1 unspecified atom stereocenters. The highest BCUT2D eigenvalue weighted by molar-refractivity contribution is 8.02. The highest BCUT2D eigenvalue weighted by Gasteiger charge is 2.26. The molecule has 0 amide bonds. The quantitative estimate of drug-likeness (QED) is 0.507. The van der Waals surface area contributed by atoms with Crippen molar-refractivity contribution < 1.29 is 4.79 Å². The van der Waals surface area contributed by atoms with Crippen LogP contribution in [0.1, 0.15) is 22.8 Å². The van der Waals surface area contributed by atoms with Crippen LogP contribution in [0.4, 0.5) is 5.82 Å². The Hall–Kier alpha value is -2.65. The maximum Gasteiger partial charge on any atom is 0.332 e. The van der Waals surface area contributed by atoms with E-state index < -0.39 is 22.3 Å². The first kappa shape index (κ1) is 20.1. The van der Waals surface area contributed by atoms with E-state index >= 15 is 0 Å². The predicted molar refractivity (Wildman–Crippen MR) is 113 cm³/mol. The molecule has 0 spiro atoms. The molecule has 0 saturated heterocycles. The smallest absolute Gasteiger partial charge is 0.332 e. The molecular weight excluding hydrogens is 396 g/mol. The number of aryl methyl sites for hydroxylation is 1. The summed E-state index contributed by atoms with van der Waals surface area (Å²) in [6.07, 6.45) is 0. The summed E-state index contributed by atoms with van der Waals surface area (Å²) in [5.41, 5.74) is 7.48. The van der Waals surface area contributed by atoms with Crippen molar-refractivity contribution in [3.63, 3.8) is 0 Å². The van der Waals surface area contributed by atoms with Crippen molar-refractivity contribution in [3.05, 3.63) is 61.6 Å². The van der Waals surface area contributed by atoms with Crippen molar-refractivity contribution in [2.75, 3.05) is 5.73 Å². The summed E-state index contributed by atoms with van der Waals surface area (Å²) in [4.78, 5) is 41.8. The molecule has 28 heavy (non-hydrogen) atoms. The molecule has 1 aromatic carbocycles. The van der Waals surface area contributed by atoms with E-state index in [4.69, 9.17) is 5.73 Å². The molecule has 3 rings (SSSR count). The number of carbonyl (C=O) groups excluding carboxylic acids is 1. The zero-order valence-corrected chi connectivity index (χ0v) is 17.6. The van der Waals surface area contributed by atoms with Gasteiger partial charge in [0.25, 0.3) is 5.56 Å². The first-order chi connectivity index (χ1) is 13.2. The molecule has 3 aromatic rings. The SMILES string of the molecule is Cc1ccc(-c2csc(SC(C)C(=O)c3c(N)n(C)c(=O)n(C)c3=O)n2)cc1. The molecular formula is C19H20N4O3S2. The molecule has 0 aliphatic carbocycles. The molecule has 9 heteroatoms. The Balaban J connectivity index is 1.86. The van der Waals surface area contributed by atoms with Gasteiger partial charge in [-0.15, -0.1) is 11.3 Å². The van der Waals surface area contributed by atoms with Crippen LogP contribution in [-0.2, 0) is 14.1 Å². The lowest BCUT2D eigenvalue weighted by Crippen LogP contribution is -2.42. The van der Waals surface area contributed by atoms with Gasteiger partial charge in [-0.1, -0.05) is 41.6 Å². The van der Waals surface area contributed by atoms with Crippen LogP contribution in [0.5, 0.6) is 0 Å². The largest absolute Gasteiger partial charge is 0.384 e. The van der Waals surface area contributed by atoms with Gasteiger partial charge < -0.3 is 5.73 Å². The number of nitrogens with zero attached hydrogens (tertiary/aromatic N) is 3. The molecule has 7 nitrogen and oxygen atoms in total. The van der Waals surface area contributed by atoms with Crippen molar-refractivity contribution in [1.29, 1.82) is 0 Å². The minimum atomic E-state index is -0.683. The van der Waals surface area contributed by atoms with Crippen molar-refractivity contribution in [2.24, 2.45) is 14.1 Å². The zero-order valence-electron chi connectivity index (χ0n) is 15.9. The monoisotopic (exact) mass is 416 g/mol. The molecule has 0 fully saturated rings. The van der Waals surface area contributed by atoms with E-state index in [2.05, 4.69) is 4.98 Å². The summed E-state index contributed by atoms with van der Waals surface area (Å²) in [7, 11) is 2.76. The van der Waals surface area contributed by atoms with Crippen LogP contribution in [0, 0.1) is 6.92 Å². The molecule has 1 atom stereocenters. The van der Waals surface area contributed by atoms with Gasteiger partial charge in [-0.2, -0.15) is 0 Å². The van der Waals surface area contributed by atoms with Crippen LogP contribution in [0.3, 0.4) is 0 Å². The van der Waals surface area contributed by atoms with Gasteiger partial charge >= 0.3 is 5.69 Å². The number of nitrogens with two attached hydrogens (primary N) is 1. The van der Waals surface area contributed by atoms with Crippen LogP contribution in [-0.4, -0.2) is 25.2 Å². The number of nitrogen functional groups attached to an aromatic ring is 1. The average Bonchev–Trinajstić information content (AvgIpc) is 3.13. The molecule has 0 aliphatic heterocycles. The number of Topliss-reactive ketones (excluding diaryl/α,β-unsaturated/α-hetero) is 1. The molecule has 2 N–H and O–H groups in total. The molecule has 0 bridgehead atoms. The van der Waals surface area contributed by atoms with Gasteiger partial charge in [0.1, 0.15) is 11.4 Å². The first-order valence-corrected chi connectivity index (χ1v) is 10.3. The molecule has 2 aromatic heterocycles. The Morgan fingerprint density at radius 3 is 2.46 bits per heavy atom. The van der Waals surface area contributed by atoms with Crippen molar-refractivity contribution in [3.8, 4) is 11.3 Å². The predicted octanol–water partition coefficient (Wildman–Crippen LogP) is 2.46. The van der Waals surface area contributed by atoms with Crippen LogP contribution < -0.4 is 17.0 Å². The molecule has 2 heterocycles. The second-order valence-corrected chi connectivity index (χ2v) is 8.90. The lowest BCUT2D eigenvalue weighted by atomic mass is 10.1. The minimum absolute atomic E-state index is 0.120. The molecule has 0 radical (unpaired) electrons. The summed E-state index contributed by atoms with van der Waals surface area (Å²) in [5.74, 6) is -0.546. The van der Waals surface area contributed by atoms with E-state index in [-0.39, 0.29) is 11.4 Å². The van der Waals surface area contributed by atoms with Crippen molar-refractivity contribution >= 4 is 34.7 Å². The first-order valence-electron chi connectivity index (χ1n) is 8.49. The van der Waals surface area contributed by atoms with Crippen LogP contribution in [0.2, 0.25) is 0 Å². The molecule has 0 aliphatic rings. The number of carbonyl (C=O) groups is 1. The highest BCUT2D eigenvalue weighted by Crippen LogP contribution is 2.32. The number of hydrogen-bond donors (Lipinski definition) is 1. The third kappa shape index (κ3) is 3.67. The maximum atomic E-state index is 12.9. The summed E-state index contributed by atoms with van der Waals surface area (Å²) < 4.78 is 2.71.